The number of nitrogens with one attached hydrogen (secondary N) is 1. The first kappa shape index (κ1) is 13.5. The van der Waals surface area contributed by atoms with Crippen molar-refractivity contribution in [1.82, 2.24) is 10.2 Å². The van der Waals surface area contributed by atoms with Crippen LogP contribution in [-0.2, 0) is 9.53 Å². The van der Waals surface area contributed by atoms with Gasteiger partial charge in [0.15, 0.2) is 0 Å². The van der Waals surface area contributed by atoms with Crippen LogP contribution in [0.4, 0.5) is 0 Å². The lowest BCUT2D eigenvalue weighted by Crippen LogP contribution is -2.59. The van der Waals surface area contributed by atoms with Crippen LogP contribution in [0.25, 0.3) is 0 Å². The average molecular weight is 228 g/mol. The maximum absolute atomic E-state index is 11.8. The minimum Gasteiger partial charge on any atom is -0.363 e. The number of likely N-dealkylation sites (N-methyl/N-ethyl adjacent to an activating group) is 1. The van der Waals surface area contributed by atoms with Gasteiger partial charge in [-0.1, -0.05) is 13.3 Å². The van der Waals surface area contributed by atoms with Crippen molar-refractivity contribution in [3.05, 3.63) is 0 Å². The Labute approximate surface area is 98.3 Å². The van der Waals surface area contributed by atoms with Gasteiger partial charge in [-0.15, -0.1) is 0 Å². The molecule has 0 aliphatic carbocycles. The Morgan fingerprint density at radius 3 is 2.56 bits per heavy atom. The molecule has 1 N–H and O–H groups in total. The summed E-state index contributed by atoms with van der Waals surface area (Å²) in [5.74, 6) is 0.115. The van der Waals surface area contributed by atoms with E-state index < -0.39 is 0 Å². The molecule has 0 bridgehead atoms. The first-order chi connectivity index (χ1) is 7.61. The van der Waals surface area contributed by atoms with Crippen molar-refractivity contribution in [1.29, 1.82) is 0 Å². The predicted octanol–water partition coefficient (Wildman–Crippen LogP) is 1.01. The molecule has 1 saturated heterocycles. The van der Waals surface area contributed by atoms with Crippen molar-refractivity contribution in [3.8, 4) is 0 Å². The van der Waals surface area contributed by atoms with E-state index in [1.165, 1.54) is 0 Å². The maximum Gasteiger partial charge on any atom is 0.248 e. The fourth-order valence-electron chi connectivity index (χ4n) is 1.71. The molecule has 4 heteroatoms. The molecule has 4 nitrogen and oxygen atoms in total. The first-order valence-corrected chi connectivity index (χ1v) is 6.23. The van der Waals surface area contributed by atoms with Crippen molar-refractivity contribution in [3.63, 3.8) is 0 Å². The first-order valence-electron chi connectivity index (χ1n) is 6.23. The van der Waals surface area contributed by atoms with Crippen LogP contribution in [0.2, 0.25) is 0 Å². The van der Waals surface area contributed by atoms with Gasteiger partial charge in [-0.3, -0.25) is 4.79 Å². The van der Waals surface area contributed by atoms with Crippen molar-refractivity contribution in [2.45, 2.75) is 39.2 Å². The Hall–Kier alpha value is -0.610. The number of carbonyl (C=O) groups excluding carboxylic acids is 1. The summed E-state index contributed by atoms with van der Waals surface area (Å²) in [4.78, 5) is 13.7. The SMILES string of the molecule is CCCCN(CC)C(=O)COC1(C)CNC1. The lowest BCUT2D eigenvalue weighted by Gasteiger charge is -2.39. The molecule has 1 fully saturated rings. The summed E-state index contributed by atoms with van der Waals surface area (Å²) in [6.07, 6.45) is 2.19. The van der Waals surface area contributed by atoms with E-state index >= 15 is 0 Å². The van der Waals surface area contributed by atoms with Crippen molar-refractivity contribution >= 4 is 5.91 Å². The van der Waals surface area contributed by atoms with Gasteiger partial charge in [0.2, 0.25) is 5.91 Å². The monoisotopic (exact) mass is 228 g/mol. The third kappa shape index (κ3) is 3.76. The molecule has 0 aromatic heterocycles. The molecule has 16 heavy (non-hydrogen) atoms. The molecule has 0 aromatic rings. The molecule has 0 spiro atoms. The second kappa shape index (κ2) is 6.21. The zero-order valence-electron chi connectivity index (χ0n) is 10.7. The number of ether oxygens (including phenoxy) is 1. The lowest BCUT2D eigenvalue weighted by atomic mass is 10.0. The number of unbranched alkanes of at least 4 members (excludes halogenated alkanes) is 1. The predicted molar refractivity (Wildman–Crippen MR) is 64.4 cm³/mol. The summed E-state index contributed by atoms with van der Waals surface area (Å²) in [7, 11) is 0. The molecule has 0 aromatic carbocycles. The highest BCUT2D eigenvalue weighted by Gasteiger charge is 2.33. The standard InChI is InChI=1S/C12H24N2O2/c1-4-6-7-14(5-2)11(15)8-16-12(3)9-13-10-12/h13H,4-10H2,1-3H3. The largest absolute Gasteiger partial charge is 0.363 e. The quantitative estimate of drug-likeness (QED) is 0.707. The zero-order valence-corrected chi connectivity index (χ0v) is 10.7. The van der Waals surface area contributed by atoms with Crippen molar-refractivity contribution < 1.29 is 9.53 Å². The van der Waals surface area contributed by atoms with Gasteiger partial charge >= 0.3 is 0 Å². The molecule has 0 saturated carbocycles. The third-order valence-corrected chi connectivity index (χ3v) is 3.06. The van der Waals surface area contributed by atoms with Crippen LogP contribution in [0.3, 0.4) is 0 Å². The summed E-state index contributed by atoms with van der Waals surface area (Å²) in [5, 5.41) is 3.15. The summed E-state index contributed by atoms with van der Waals surface area (Å²) in [6, 6.07) is 0. The highest BCUT2D eigenvalue weighted by Crippen LogP contribution is 2.15. The van der Waals surface area contributed by atoms with Gasteiger partial charge in [0, 0.05) is 26.2 Å². The molecule has 1 amide bonds. The number of hydrogen-bond acceptors (Lipinski definition) is 3. The summed E-state index contributed by atoms with van der Waals surface area (Å²) < 4.78 is 5.64. The van der Waals surface area contributed by atoms with Gasteiger partial charge < -0.3 is 15.0 Å². The van der Waals surface area contributed by atoms with Crippen LogP contribution >= 0.6 is 0 Å². The number of hydrogen-bond donors (Lipinski definition) is 1. The Morgan fingerprint density at radius 2 is 2.12 bits per heavy atom. The molecule has 0 radical (unpaired) electrons. The van der Waals surface area contributed by atoms with E-state index in [1.54, 1.807) is 0 Å². The van der Waals surface area contributed by atoms with Crippen LogP contribution in [0.1, 0.15) is 33.6 Å². The fraction of sp³-hybridized carbons (Fsp3) is 0.917. The van der Waals surface area contributed by atoms with Crippen LogP contribution in [0.5, 0.6) is 0 Å². The fourth-order valence-corrected chi connectivity index (χ4v) is 1.71. The topological polar surface area (TPSA) is 41.6 Å². The average Bonchev–Trinajstić information content (AvgIpc) is 2.24. The van der Waals surface area contributed by atoms with Crippen LogP contribution in [-0.4, -0.2) is 49.2 Å². The minimum absolute atomic E-state index is 0.115. The lowest BCUT2D eigenvalue weighted by molar-refractivity contribution is -0.145. The highest BCUT2D eigenvalue weighted by molar-refractivity contribution is 5.77. The number of rotatable bonds is 7. The molecule has 1 aliphatic heterocycles. The van der Waals surface area contributed by atoms with E-state index in [2.05, 4.69) is 12.2 Å². The third-order valence-electron chi connectivity index (χ3n) is 3.06. The maximum atomic E-state index is 11.8. The molecule has 94 valence electrons. The van der Waals surface area contributed by atoms with Crippen LogP contribution in [0.15, 0.2) is 0 Å². The Bertz CT molecular complexity index is 227. The molecular formula is C12H24N2O2. The molecule has 0 unspecified atom stereocenters. The minimum atomic E-state index is -0.125. The van der Waals surface area contributed by atoms with Crippen molar-refractivity contribution in [2.75, 3.05) is 32.8 Å². The van der Waals surface area contributed by atoms with E-state index in [0.717, 1.165) is 39.0 Å². The molecular weight excluding hydrogens is 204 g/mol. The molecule has 1 rings (SSSR count). The van der Waals surface area contributed by atoms with E-state index in [9.17, 15) is 4.79 Å². The number of nitrogens with zero attached hydrogens (tertiary/aromatic N) is 1. The summed E-state index contributed by atoms with van der Waals surface area (Å²) in [6.45, 7) is 9.73. The molecule has 1 aliphatic rings. The zero-order chi connectivity index (χ0) is 12.0. The smallest absolute Gasteiger partial charge is 0.248 e. The second-order valence-corrected chi connectivity index (χ2v) is 4.67. The van der Waals surface area contributed by atoms with Crippen LogP contribution in [0, 0.1) is 0 Å². The van der Waals surface area contributed by atoms with Crippen molar-refractivity contribution in [2.24, 2.45) is 0 Å². The van der Waals surface area contributed by atoms with Gasteiger partial charge in [-0.05, 0) is 20.3 Å². The Kier molecular flexibility index (Phi) is 5.22. The Balaban J connectivity index is 2.25. The normalized spacial score (nSPS) is 17.9. The number of carbonyl (C=O) groups is 1. The summed E-state index contributed by atoms with van der Waals surface area (Å²) >= 11 is 0. The van der Waals surface area contributed by atoms with Gasteiger partial charge in [0.05, 0.1) is 5.60 Å². The number of amides is 1. The summed E-state index contributed by atoms with van der Waals surface area (Å²) in [5.41, 5.74) is -0.125. The Morgan fingerprint density at radius 1 is 1.44 bits per heavy atom. The van der Waals surface area contributed by atoms with Crippen LogP contribution < -0.4 is 5.32 Å². The van der Waals surface area contributed by atoms with Gasteiger partial charge in [0.25, 0.3) is 0 Å². The van der Waals surface area contributed by atoms with Gasteiger partial charge in [0.1, 0.15) is 6.61 Å². The van der Waals surface area contributed by atoms with E-state index in [4.69, 9.17) is 4.74 Å². The van der Waals surface area contributed by atoms with Gasteiger partial charge in [-0.25, -0.2) is 0 Å². The molecule has 0 atom stereocenters. The van der Waals surface area contributed by atoms with E-state index in [1.807, 2.05) is 18.7 Å². The second-order valence-electron chi connectivity index (χ2n) is 4.67. The van der Waals surface area contributed by atoms with E-state index in [-0.39, 0.29) is 18.1 Å². The van der Waals surface area contributed by atoms with E-state index in [0.29, 0.717) is 0 Å². The van der Waals surface area contributed by atoms with Gasteiger partial charge in [-0.2, -0.15) is 0 Å². The molecule has 1 heterocycles. The highest BCUT2D eigenvalue weighted by atomic mass is 16.5.